The molecule has 1 heterocycles. The second-order valence-corrected chi connectivity index (χ2v) is 3.59. The summed E-state index contributed by atoms with van der Waals surface area (Å²) < 4.78 is 24.3. The molecule has 0 spiro atoms. The Morgan fingerprint density at radius 2 is 2.09 bits per heavy atom. The molecule has 0 aliphatic rings. The fourth-order valence-electron chi connectivity index (χ4n) is 1.04. The zero-order chi connectivity index (χ0) is 7.84. The van der Waals surface area contributed by atoms with E-state index in [4.69, 9.17) is 0 Å². The van der Waals surface area contributed by atoms with Crippen LogP contribution in [0.1, 0.15) is 0 Å². The quantitative estimate of drug-likeness (QED) is 0.554. The summed E-state index contributed by atoms with van der Waals surface area (Å²) in [6.45, 7) is 0. The minimum atomic E-state index is -1.05. The largest absolute Gasteiger partial charge is 0.590 e. The van der Waals surface area contributed by atoms with Crippen LogP contribution in [0.15, 0.2) is 29.6 Å². The van der Waals surface area contributed by atoms with Gasteiger partial charge in [0.15, 0.2) is 4.70 Å². The number of halogens is 1. The van der Waals surface area contributed by atoms with Gasteiger partial charge in [-0.15, -0.1) is 0 Å². The van der Waals surface area contributed by atoms with E-state index >= 15 is 0 Å². The van der Waals surface area contributed by atoms with Crippen LogP contribution in [0, 0.1) is 5.82 Å². The van der Waals surface area contributed by atoms with E-state index in [0.717, 1.165) is 5.39 Å². The van der Waals surface area contributed by atoms with Crippen LogP contribution >= 0.6 is 10.8 Å². The van der Waals surface area contributed by atoms with Gasteiger partial charge in [-0.2, -0.15) is 0 Å². The van der Waals surface area contributed by atoms with Crippen molar-refractivity contribution >= 4 is 20.8 Å². The van der Waals surface area contributed by atoms with Crippen molar-refractivity contribution in [3.63, 3.8) is 0 Å². The monoisotopic (exact) mass is 168 g/mol. The Hall–Kier alpha value is -0.930. The van der Waals surface area contributed by atoms with Gasteiger partial charge in [-0.3, -0.25) is 0 Å². The fraction of sp³-hybridized carbons (Fsp3) is 0. The van der Waals surface area contributed by atoms with Crippen LogP contribution in [0.4, 0.5) is 4.39 Å². The molecule has 1 nitrogen and oxygen atoms in total. The number of rotatable bonds is 0. The maximum atomic E-state index is 12.6. The third-order valence-corrected chi connectivity index (χ3v) is 2.75. The highest BCUT2D eigenvalue weighted by molar-refractivity contribution is 7.30. The Morgan fingerprint density at radius 3 is 2.91 bits per heavy atom. The summed E-state index contributed by atoms with van der Waals surface area (Å²) in [5, 5.41) is 2.28. The van der Waals surface area contributed by atoms with E-state index in [1.807, 2.05) is 0 Å². The van der Waals surface area contributed by atoms with Crippen molar-refractivity contribution in [3.8, 4) is 0 Å². The van der Waals surface area contributed by atoms with Crippen LogP contribution < -0.4 is 0 Å². The average Bonchev–Trinajstić information content (AvgIpc) is 2.32. The van der Waals surface area contributed by atoms with E-state index in [1.54, 1.807) is 17.5 Å². The molecular weight excluding hydrogens is 163 g/mol. The van der Waals surface area contributed by atoms with E-state index < -0.39 is 10.8 Å². The van der Waals surface area contributed by atoms with Crippen molar-refractivity contribution in [2.75, 3.05) is 0 Å². The van der Waals surface area contributed by atoms with E-state index in [2.05, 4.69) is 0 Å². The van der Waals surface area contributed by atoms with Gasteiger partial charge in [-0.1, -0.05) is 0 Å². The molecule has 0 N–H and O–H groups in total. The Morgan fingerprint density at radius 1 is 1.27 bits per heavy atom. The molecule has 0 bridgehead atoms. The van der Waals surface area contributed by atoms with Crippen molar-refractivity contribution in [1.82, 2.24) is 0 Å². The second-order valence-electron chi connectivity index (χ2n) is 2.28. The van der Waals surface area contributed by atoms with E-state index in [-0.39, 0.29) is 5.82 Å². The highest BCUT2D eigenvalue weighted by atomic mass is 32.2. The molecular formula is C8H5FOS. The van der Waals surface area contributed by atoms with E-state index in [9.17, 15) is 8.94 Å². The number of benzene rings is 1. The first kappa shape index (κ1) is 6.76. The van der Waals surface area contributed by atoms with Gasteiger partial charge < -0.3 is 4.55 Å². The molecule has 11 heavy (non-hydrogen) atoms. The first-order chi connectivity index (χ1) is 5.27. The predicted octanol–water partition coefficient (Wildman–Crippen LogP) is 2.71. The van der Waals surface area contributed by atoms with Gasteiger partial charge in [-0.05, 0) is 22.9 Å². The van der Waals surface area contributed by atoms with Crippen molar-refractivity contribution in [2.24, 2.45) is 0 Å². The lowest BCUT2D eigenvalue weighted by atomic mass is 10.3. The third-order valence-electron chi connectivity index (χ3n) is 1.56. The van der Waals surface area contributed by atoms with Gasteiger partial charge in [0.05, 0.1) is 0 Å². The molecule has 1 unspecified atom stereocenters. The number of hydrogen-bond donors (Lipinski definition) is 0. The number of thiophene rings is 1. The molecule has 1 atom stereocenters. The first-order valence-electron chi connectivity index (χ1n) is 3.16. The summed E-state index contributed by atoms with van der Waals surface area (Å²) >= 11 is 0. The highest BCUT2D eigenvalue weighted by Gasteiger charge is 2.04. The van der Waals surface area contributed by atoms with Crippen LogP contribution in [-0.4, -0.2) is 4.55 Å². The molecule has 0 aliphatic heterocycles. The van der Waals surface area contributed by atoms with Gasteiger partial charge in [0.25, 0.3) is 0 Å². The Kier molecular flexibility index (Phi) is 1.41. The van der Waals surface area contributed by atoms with Gasteiger partial charge in [0, 0.05) is 17.5 Å². The molecule has 0 aliphatic carbocycles. The summed E-state index contributed by atoms with van der Waals surface area (Å²) in [7, 11) is -1.05. The van der Waals surface area contributed by atoms with E-state index in [1.165, 1.54) is 12.1 Å². The Bertz CT molecular complexity index is 394. The van der Waals surface area contributed by atoms with Crippen LogP contribution in [0.5, 0.6) is 0 Å². The lowest BCUT2D eigenvalue weighted by Gasteiger charge is -1.88. The van der Waals surface area contributed by atoms with Gasteiger partial charge >= 0.3 is 0 Å². The van der Waals surface area contributed by atoms with Crippen molar-refractivity contribution in [2.45, 2.75) is 0 Å². The molecule has 2 rings (SSSR count). The van der Waals surface area contributed by atoms with Crippen LogP contribution in [0.3, 0.4) is 0 Å². The molecule has 1 aromatic carbocycles. The Balaban J connectivity index is 2.86. The number of fused-ring (bicyclic) bond motifs is 1. The highest BCUT2D eigenvalue weighted by Crippen LogP contribution is 2.28. The predicted molar refractivity (Wildman–Crippen MR) is 42.6 cm³/mol. The standard InChI is InChI=1S/C8H5FOS/c9-7-1-2-8-6(5-7)3-4-11(8)10/h1-5H. The molecule has 56 valence electrons. The van der Waals surface area contributed by atoms with Gasteiger partial charge in [0.1, 0.15) is 11.2 Å². The molecule has 0 fully saturated rings. The van der Waals surface area contributed by atoms with Crippen LogP contribution in [0.25, 0.3) is 10.1 Å². The summed E-state index contributed by atoms with van der Waals surface area (Å²) in [6, 6.07) is 5.94. The second kappa shape index (κ2) is 2.29. The molecule has 0 saturated carbocycles. The van der Waals surface area contributed by atoms with Crippen molar-refractivity contribution < 1.29 is 8.94 Å². The lowest BCUT2D eigenvalue weighted by molar-refractivity contribution is 0.600. The van der Waals surface area contributed by atoms with Crippen LogP contribution in [0.2, 0.25) is 0 Å². The zero-order valence-corrected chi connectivity index (χ0v) is 6.40. The fourth-order valence-corrected chi connectivity index (χ4v) is 2.02. The molecule has 0 amide bonds. The third kappa shape index (κ3) is 1.02. The summed E-state index contributed by atoms with van der Waals surface area (Å²) in [6.07, 6.45) is 0. The minimum Gasteiger partial charge on any atom is -0.590 e. The summed E-state index contributed by atoms with van der Waals surface area (Å²) in [5.74, 6) is -0.285. The summed E-state index contributed by atoms with van der Waals surface area (Å²) in [4.78, 5) is 0. The molecule has 2 aromatic rings. The molecule has 0 saturated heterocycles. The molecule has 3 heteroatoms. The van der Waals surface area contributed by atoms with Crippen molar-refractivity contribution in [3.05, 3.63) is 35.5 Å². The van der Waals surface area contributed by atoms with E-state index in [0.29, 0.717) is 4.70 Å². The maximum absolute atomic E-state index is 12.6. The van der Waals surface area contributed by atoms with Gasteiger partial charge in [-0.25, -0.2) is 4.39 Å². The van der Waals surface area contributed by atoms with Crippen LogP contribution in [-0.2, 0) is 0 Å². The smallest absolute Gasteiger partial charge is 0.179 e. The lowest BCUT2D eigenvalue weighted by Crippen LogP contribution is -1.69. The average molecular weight is 168 g/mol. The maximum Gasteiger partial charge on any atom is 0.179 e. The molecule has 0 radical (unpaired) electrons. The normalized spacial score (nSPS) is 12.4. The number of hydrogen-bond acceptors (Lipinski definition) is 1. The SMILES string of the molecule is [O-][s+]1ccc2cc(F)ccc21. The Labute approximate surface area is 65.9 Å². The summed E-state index contributed by atoms with van der Waals surface area (Å²) in [5.41, 5.74) is 0. The minimum absolute atomic E-state index is 0.285. The van der Waals surface area contributed by atoms with Crippen molar-refractivity contribution in [1.29, 1.82) is 0 Å². The van der Waals surface area contributed by atoms with Gasteiger partial charge in [0.2, 0.25) is 0 Å². The topological polar surface area (TPSA) is 23.1 Å². The zero-order valence-electron chi connectivity index (χ0n) is 5.58. The first-order valence-corrected chi connectivity index (χ1v) is 4.37. The molecule has 1 aromatic heterocycles.